The molecule has 0 unspecified atom stereocenters. The SMILES string of the molecule is [Ce+3].[Gd+3].[Mg+2].[Zn+2]. The first kappa shape index (κ1) is 24.3. The Morgan fingerprint density at radius 3 is 1.00 bits per heavy atom. The van der Waals surface area contributed by atoms with E-state index in [9.17, 15) is 0 Å². The van der Waals surface area contributed by atoms with E-state index in [0.29, 0.717) is 0 Å². The summed E-state index contributed by atoms with van der Waals surface area (Å²) in [6.07, 6.45) is 0. The smallest absolute Gasteiger partial charge is 2.00 e. The largest absolute Gasteiger partial charge is 3.00 e. The second kappa shape index (κ2) is 15.7. The van der Waals surface area contributed by atoms with Crippen LogP contribution in [0.25, 0.3) is 0 Å². The van der Waals surface area contributed by atoms with Gasteiger partial charge in [0.05, 0.1) is 0 Å². The molecule has 0 saturated carbocycles. The third-order valence-electron chi connectivity index (χ3n) is 0. The minimum atomic E-state index is 0. The number of rotatable bonds is 0. The molecule has 4 heteroatoms. The Morgan fingerprint density at radius 1 is 1.00 bits per heavy atom. The standard InChI is InChI=1S/Ce.Gd.Mg.Zn/q2*+3;2*+2. The van der Waals surface area contributed by atoms with Crippen molar-refractivity contribution in [1.29, 1.82) is 0 Å². The summed E-state index contributed by atoms with van der Waals surface area (Å²) in [7, 11) is 0. The molecule has 4 heavy (non-hydrogen) atoms. The molecule has 0 fully saturated rings. The van der Waals surface area contributed by atoms with E-state index in [0.717, 1.165) is 0 Å². The van der Waals surface area contributed by atoms with Crippen LogP contribution in [0.2, 0.25) is 0 Å². The Kier molecular flexibility index (Phi) is 95.5. The van der Waals surface area contributed by atoms with Gasteiger partial charge in [0, 0.05) is 0 Å². The molecule has 0 N–H and O–H groups in total. The van der Waals surface area contributed by atoms with Crippen LogP contribution in [-0.2, 0) is 19.5 Å². The van der Waals surface area contributed by atoms with Crippen LogP contribution in [0.3, 0.4) is 0 Å². The zero-order valence-electron chi connectivity index (χ0n) is 2.27. The molecule has 0 rings (SSSR count). The molecule has 0 aliphatic heterocycles. The molecule has 0 aromatic rings. The van der Waals surface area contributed by atoms with E-state index in [1.54, 1.807) is 0 Å². The molecular weight excluding hydrogens is 387 g/mol. The summed E-state index contributed by atoms with van der Waals surface area (Å²) < 4.78 is 0. The van der Waals surface area contributed by atoms with Gasteiger partial charge in [-0.15, -0.1) is 0 Å². The van der Waals surface area contributed by atoms with Crippen LogP contribution in [0.4, 0.5) is 0 Å². The van der Waals surface area contributed by atoms with Crippen molar-refractivity contribution in [2.24, 2.45) is 0 Å². The molecule has 6 valence electrons. The monoisotopic (exact) mass is 386 g/mol. The van der Waals surface area contributed by atoms with Gasteiger partial charge in [-0.05, 0) is 0 Å². The summed E-state index contributed by atoms with van der Waals surface area (Å²) in [5, 5.41) is 0. The van der Waals surface area contributed by atoms with Crippen LogP contribution < -0.4 is 0 Å². The molecule has 0 atom stereocenters. The zero-order chi connectivity index (χ0) is 0. The van der Waals surface area contributed by atoms with Gasteiger partial charge in [0.2, 0.25) is 0 Å². The minimum Gasteiger partial charge on any atom is 2.00 e. The van der Waals surface area contributed by atoms with Gasteiger partial charge in [0.1, 0.15) is 0 Å². The summed E-state index contributed by atoms with van der Waals surface area (Å²) >= 11 is 0. The van der Waals surface area contributed by atoms with E-state index in [1.807, 2.05) is 0 Å². The van der Waals surface area contributed by atoms with Crippen LogP contribution >= 0.6 is 0 Å². The number of hydrogen-bond donors (Lipinski definition) is 0. The zero-order valence-corrected chi connectivity index (χ0v) is 12.1. The van der Waals surface area contributed by atoms with Crippen molar-refractivity contribution >= 4 is 23.1 Å². The first-order valence-corrected chi connectivity index (χ1v) is 0. The van der Waals surface area contributed by atoms with Gasteiger partial charge in [-0.3, -0.25) is 0 Å². The minimum absolute atomic E-state index is 0. The van der Waals surface area contributed by atoms with Crippen LogP contribution in [0.5, 0.6) is 0 Å². The maximum atomic E-state index is 0. The summed E-state index contributed by atoms with van der Waals surface area (Å²) in [5.74, 6) is 0. The van der Waals surface area contributed by atoms with E-state index in [2.05, 4.69) is 0 Å². The average Bonchev–Trinajstić information content (AvgIpc) is 0. The second-order valence-corrected chi connectivity index (χ2v) is 0. The fraction of sp³-hybridized carbons (Fsp3) is 0. The third-order valence-corrected chi connectivity index (χ3v) is 0. The molecule has 0 heterocycles. The van der Waals surface area contributed by atoms with Gasteiger partial charge in [-0.25, -0.2) is 0 Å². The quantitative estimate of drug-likeness (QED) is 0.498. The molecule has 0 spiro atoms. The van der Waals surface area contributed by atoms with E-state index in [-0.39, 0.29) is 124 Å². The molecule has 0 bridgehead atoms. The van der Waals surface area contributed by atoms with Crippen LogP contribution in [0, 0.1) is 81.7 Å². The van der Waals surface area contributed by atoms with Crippen LogP contribution in [0.1, 0.15) is 0 Å². The van der Waals surface area contributed by atoms with Gasteiger partial charge in [-0.2, -0.15) is 0 Å². The summed E-state index contributed by atoms with van der Waals surface area (Å²) in [6, 6.07) is 0. The molecule has 0 saturated heterocycles. The molecule has 0 aliphatic carbocycles. The summed E-state index contributed by atoms with van der Waals surface area (Å²) in [6.45, 7) is 0. The Bertz CT molecular complexity index is 8.00. The van der Waals surface area contributed by atoms with Gasteiger partial charge in [0.15, 0.2) is 0 Å². The van der Waals surface area contributed by atoms with Crippen molar-refractivity contribution in [2.75, 3.05) is 0 Å². The predicted octanol–water partition coefficient (Wildman–Crippen LogP) is -0.383. The first-order valence-electron chi connectivity index (χ1n) is 0. The Balaban J connectivity index is 0. The summed E-state index contributed by atoms with van der Waals surface area (Å²) in [5.41, 5.74) is 0. The van der Waals surface area contributed by atoms with Crippen molar-refractivity contribution in [3.8, 4) is 0 Å². The topological polar surface area (TPSA) is 0 Å². The van der Waals surface area contributed by atoms with E-state index in [4.69, 9.17) is 0 Å². The van der Waals surface area contributed by atoms with Gasteiger partial charge < -0.3 is 0 Å². The van der Waals surface area contributed by atoms with Gasteiger partial charge >= 0.3 is 124 Å². The molecule has 0 aromatic heterocycles. The molecule has 0 aromatic carbocycles. The maximum Gasteiger partial charge on any atom is 3.00 e. The fourth-order valence-electron chi connectivity index (χ4n) is 0. The van der Waals surface area contributed by atoms with Crippen molar-refractivity contribution < 1.29 is 101 Å². The first-order chi connectivity index (χ1) is 0. The van der Waals surface area contributed by atoms with Crippen molar-refractivity contribution in [2.45, 2.75) is 0 Å². The van der Waals surface area contributed by atoms with Crippen molar-refractivity contribution in [3.63, 3.8) is 0 Å². The molecule has 0 aliphatic rings. The molecule has 0 amide bonds. The fourth-order valence-corrected chi connectivity index (χ4v) is 0. The number of hydrogen-bond acceptors (Lipinski definition) is 0. The average molecular weight is 387 g/mol. The van der Waals surface area contributed by atoms with E-state index < -0.39 is 0 Å². The molecule has 0 nitrogen and oxygen atoms in total. The van der Waals surface area contributed by atoms with Gasteiger partial charge in [0.25, 0.3) is 0 Å². The van der Waals surface area contributed by atoms with Crippen molar-refractivity contribution in [1.82, 2.24) is 0 Å². The predicted molar refractivity (Wildman–Crippen MR) is 5.75 cm³/mol. The second-order valence-electron chi connectivity index (χ2n) is 0. The van der Waals surface area contributed by atoms with Gasteiger partial charge in [-0.1, -0.05) is 0 Å². The van der Waals surface area contributed by atoms with Crippen LogP contribution in [0.15, 0.2) is 0 Å². The van der Waals surface area contributed by atoms with Crippen molar-refractivity contribution in [3.05, 3.63) is 0 Å². The van der Waals surface area contributed by atoms with Crippen LogP contribution in [-0.4, -0.2) is 23.1 Å². The molecule has 2 radical (unpaired) electrons. The summed E-state index contributed by atoms with van der Waals surface area (Å²) in [4.78, 5) is 0. The van der Waals surface area contributed by atoms with E-state index >= 15 is 0 Å². The Morgan fingerprint density at radius 2 is 1.00 bits per heavy atom. The third kappa shape index (κ3) is 9.43. The Hall–Kier alpha value is 4.09. The Labute approximate surface area is 121 Å². The normalized spacial score (nSPS) is 0. The van der Waals surface area contributed by atoms with E-state index in [1.165, 1.54) is 0 Å². The molecular formula is CeGdMgZn+10. The maximum absolute atomic E-state index is 0.